The number of rotatable bonds is 10. The zero-order valence-electron chi connectivity index (χ0n) is 20.0. The average molecular weight is 524 g/mol. The van der Waals surface area contributed by atoms with Gasteiger partial charge in [0.15, 0.2) is 0 Å². The molecule has 0 saturated heterocycles. The minimum absolute atomic E-state index is 0.189. The lowest BCUT2D eigenvalue weighted by Gasteiger charge is -2.29. The van der Waals surface area contributed by atoms with Crippen molar-refractivity contribution in [2.24, 2.45) is 11.7 Å². The summed E-state index contributed by atoms with van der Waals surface area (Å²) >= 11 is 5.28. The van der Waals surface area contributed by atoms with Crippen molar-refractivity contribution in [1.29, 1.82) is 0 Å². The summed E-state index contributed by atoms with van der Waals surface area (Å²) in [5.74, 6) is -2.46. The Kier molecular flexibility index (Phi) is 9.51. The van der Waals surface area contributed by atoms with Gasteiger partial charge in [-0.1, -0.05) is 49.8 Å². The maximum Gasteiger partial charge on any atom is 0.291 e. The Hall–Kier alpha value is -3.34. The monoisotopic (exact) mass is 523 g/mol. The minimum atomic E-state index is -2.43. The van der Waals surface area contributed by atoms with E-state index in [-0.39, 0.29) is 24.6 Å². The highest BCUT2D eigenvalue weighted by Crippen LogP contribution is 2.28. The molecular formula is C24H31ClFN5O5. The molecule has 12 heteroatoms. The third-order valence-corrected chi connectivity index (χ3v) is 6.47. The normalized spacial score (nSPS) is 15.6. The summed E-state index contributed by atoms with van der Waals surface area (Å²) in [6, 6.07) is 5.95. The van der Waals surface area contributed by atoms with Crippen molar-refractivity contribution < 1.29 is 28.3 Å². The summed E-state index contributed by atoms with van der Waals surface area (Å²) in [6.07, 6.45) is 4.98. The summed E-state index contributed by atoms with van der Waals surface area (Å²) in [5, 5.41) is 4.07. The van der Waals surface area contributed by atoms with Crippen LogP contribution in [-0.4, -0.2) is 58.9 Å². The number of methoxy groups -OCH3 is 1. The van der Waals surface area contributed by atoms with E-state index in [2.05, 4.69) is 15.7 Å². The number of H-pyrrole nitrogens is 1. The van der Waals surface area contributed by atoms with Gasteiger partial charge in [0.05, 0.1) is 13.7 Å². The first kappa shape index (κ1) is 27.3. The number of alkyl halides is 2. The van der Waals surface area contributed by atoms with E-state index >= 15 is 0 Å². The number of nitrogens with two attached hydrogens (primary N) is 1. The molecule has 4 amide bonds. The van der Waals surface area contributed by atoms with Crippen molar-refractivity contribution in [1.82, 2.24) is 20.7 Å². The lowest BCUT2D eigenvalue weighted by Crippen LogP contribution is -2.56. The first-order valence-corrected chi connectivity index (χ1v) is 12.3. The summed E-state index contributed by atoms with van der Waals surface area (Å²) in [5.41, 5.74) is 5.93. The number of nitrogens with zero attached hydrogens (tertiary/aromatic N) is 1. The standard InChI is InChI=1S/C24H31ClFN5O5/c1-36-19-9-5-8-16-15(19)13-18(28-16)22(33)29-17(12-14-6-3-2-4-7-14)23(34)30-31(11-10-20(27)32)24(35)21(25)26/h5,8-9,13-14,17,21,28H,2-4,6-7,10-12H2,1H3,(H2,27,32)(H,29,33)(H,30,34)/t17-,21-/m0/s1. The van der Waals surface area contributed by atoms with Crippen LogP contribution < -0.4 is 21.2 Å². The Morgan fingerprint density at radius 1 is 1.25 bits per heavy atom. The fourth-order valence-corrected chi connectivity index (χ4v) is 4.54. The van der Waals surface area contributed by atoms with Crippen molar-refractivity contribution >= 4 is 46.1 Å². The molecule has 0 spiro atoms. The minimum Gasteiger partial charge on any atom is -0.496 e. The highest BCUT2D eigenvalue weighted by atomic mass is 35.5. The predicted molar refractivity (Wildman–Crippen MR) is 132 cm³/mol. The van der Waals surface area contributed by atoms with Crippen LogP contribution in [0.2, 0.25) is 0 Å². The maximum atomic E-state index is 13.5. The zero-order valence-corrected chi connectivity index (χ0v) is 20.8. The van der Waals surface area contributed by atoms with Crippen molar-refractivity contribution in [3.63, 3.8) is 0 Å². The molecule has 0 unspecified atom stereocenters. The van der Waals surface area contributed by atoms with Gasteiger partial charge >= 0.3 is 0 Å². The van der Waals surface area contributed by atoms with Crippen LogP contribution in [0.5, 0.6) is 5.75 Å². The highest BCUT2D eigenvalue weighted by Gasteiger charge is 2.30. The second-order valence-corrected chi connectivity index (χ2v) is 9.24. The number of primary amides is 1. The SMILES string of the molecule is COc1cccc2[nH]c(C(=O)N[C@@H](CC3CCCCC3)C(=O)NN(CCC(N)=O)C(=O)[C@H](F)Cl)cc12. The van der Waals surface area contributed by atoms with Gasteiger partial charge in [-0.25, -0.2) is 9.40 Å². The van der Waals surface area contributed by atoms with E-state index in [0.717, 1.165) is 32.1 Å². The largest absolute Gasteiger partial charge is 0.496 e. The number of hydrogen-bond donors (Lipinski definition) is 4. The average Bonchev–Trinajstić information content (AvgIpc) is 3.30. The number of carbonyl (C=O) groups is 4. The quantitative estimate of drug-likeness (QED) is 0.279. The fourth-order valence-electron chi connectivity index (χ4n) is 4.42. The third kappa shape index (κ3) is 7.09. The van der Waals surface area contributed by atoms with Gasteiger partial charge in [0.1, 0.15) is 17.5 Å². The van der Waals surface area contributed by atoms with Crippen LogP contribution in [0.3, 0.4) is 0 Å². The molecule has 0 aliphatic heterocycles. The molecule has 1 heterocycles. The van der Waals surface area contributed by atoms with Gasteiger partial charge in [-0.3, -0.25) is 24.6 Å². The van der Waals surface area contributed by atoms with E-state index < -0.39 is 35.3 Å². The van der Waals surface area contributed by atoms with Crippen molar-refractivity contribution in [3.05, 3.63) is 30.0 Å². The number of amides is 4. The lowest BCUT2D eigenvalue weighted by atomic mass is 9.84. The molecule has 1 aromatic heterocycles. The molecule has 1 aliphatic carbocycles. The van der Waals surface area contributed by atoms with Crippen LogP contribution in [0.1, 0.15) is 55.4 Å². The summed E-state index contributed by atoms with van der Waals surface area (Å²) < 4.78 is 18.8. The van der Waals surface area contributed by atoms with Gasteiger partial charge in [0, 0.05) is 17.3 Å². The van der Waals surface area contributed by atoms with Crippen LogP contribution in [-0.2, 0) is 14.4 Å². The van der Waals surface area contributed by atoms with Crippen LogP contribution in [0.15, 0.2) is 24.3 Å². The molecule has 1 aromatic carbocycles. The van der Waals surface area contributed by atoms with Crippen LogP contribution in [0.4, 0.5) is 4.39 Å². The number of halogens is 2. The van der Waals surface area contributed by atoms with E-state index in [0.29, 0.717) is 28.1 Å². The van der Waals surface area contributed by atoms with Crippen molar-refractivity contribution in [2.75, 3.05) is 13.7 Å². The van der Waals surface area contributed by atoms with E-state index in [1.54, 1.807) is 24.3 Å². The molecule has 2 aromatic rings. The first-order valence-electron chi connectivity index (χ1n) is 11.8. The lowest BCUT2D eigenvalue weighted by molar-refractivity contribution is -0.144. The first-order chi connectivity index (χ1) is 17.2. The van der Waals surface area contributed by atoms with E-state index in [4.69, 9.17) is 22.1 Å². The molecule has 1 fully saturated rings. The number of benzene rings is 1. The van der Waals surface area contributed by atoms with E-state index in [1.807, 2.05) is 0 Å². The second-order valence-electron chi connectivity index (χ2n) is 8.85. The molecule has 196 valence electrons. The molecule has 1 saturated carbocycles. The Labute approximate surface area is 213 Å². The van der Waals surface area contributed by atoms with Gasteiger partial charge < -0.3 is 20.8 Å². The van der Waals surface area contributed by atoms with E-state index in [9.17, 15) is 23.6 Å². The number of nitrogens with one attached hydrogen (secondary N) is 3. The smallest absolute Gasteiger partial charge is 0.291 e. The number of ether oxygens (including phenoxy) is 1. The molecule has 0 radical (unpaired) electrons. The number of fused-ring (bicyclic) bond motifs is 1. The summed E-state index contributed by atoms with van der Waals surface area (Å²) in [7, 11) is 1.53. The van der Waals surface area contributed by atoms with Gasteiger partial charge in [0.2, 0.25) is 5.91 Å². The second kappa shape index (κ2) is 12.6. The maximum absolute atomic E-state index is 13.5. The molecule has 3 rings (SSSR count). The topological polar surface area (TPSA) is 147 Å². The van der Waals surface area contributed by atoms with E-state index in [1.165, 1.54) is 7.11 Å². The molecule has 0 bridgehead atoms. The van der Waals surface area contributed by atoms with Crippen LogP contribution >= 0.6 is 11.6 Å². The van der Waals surface area contributed by atoms with Gasteiger partial charge in [-0.15, -0.1) is 0 Å². The Bertz CT molecular complexity index is 1100. The molecular weight excluding hydrogens is 493 g/mol. The van der Waals surface area contributed by atoms with Crippen LogP contribution in [0, 0.1) is 5.92 Å². The number of carbonyl (C=O) groups excluding carboxylic acids is 4. The van der Waals surface area contributed by atoms with Crippen molar-refractivity contribution in [2.45, 2.75) is 56.6 Å². The molecule has 5 N–H and O–H groups in total. The molecule has 36 heavy (non-hydrogen) atoms. The fraction of sp³-hybridized carbons (Fsp3) is 0.500. The van der Waals surface area contributed by atoms with Crippen LogP contribution in [0.25, 0.3) is 10.9 Å². The third-order valence-electron chi connectivity index (χ3n) is 6.28. The van der Waals surface area contributed by atoms with Gasteiger partial charge in [-0.05, 0) is 30.5 Å². The number of hydrogen-bond acceptors (Lipinski definition) is 5. The Morgan fingerprint density at radius 2 is 1.97 bits per heavy atom. The number of hydrazine groups is 1. The number of aromatic amines is 1. The Balaban J connectivity index is 1.80. The van der Waals surface area contributed by atoms with Gasteiger partial charge in [-0.2, -0.15) is 0 Å². The molecule has 10 nitrogen and oxygen atoms in total. The predicted octanol–water partition coefficient (Wildman–Crippen LogP) is 2.51. The van der Waals surface area contributed by atoms with Gasteiger partial charge in [0.25, 0.3) is 23.4 Å². The highest BCUT2D eigenvalue weighted by molar-refractivity contribution is 6.29. The Morgan fingerprint density at radius 3 is 2.61 bits per heavy atom. The molecule has 2 atom stereocenters. The summed E-state index contributed by atoms with van der Waals surface area (Å²) in [4.78, 5) is 52.7. The zero-order chi connectivity index (χ0) is 26.2. The molecule has 1 aliphatic rings. The summed E-state index contributed by atoms with van der Waals surface area (Å²) in [6.45, 7) is -0.362. The van der Waals surface area contributed by atoms with Crippen molar-refractivity contribution in [3.8, 4) is 5.75 Å². The number of aromatic nitrogens is 1.